The third-order valence-corrected chi connectivity index (χ3v) is 2.41. The molecular formula is C12H12O2S. The average molecular weight is 220 g/mol. The zero-order valence-electron chi connectivity index (χ0n) is 8.53. The molecule has 1 aromatic carbocycles. The van der Waals surface area contributed by atoms with Gasteiger partial charge in [0, 0.05) is 10.8 Å². The van der Waals surface area contributed by atoms with Crippen LogP contribution in [0.25, 0.3) is 0 Å². The van der Waals surface area contributed by atoms with Gasteiger partial charge >= 0.3 is 5.97 Å². The number of esters is 1. The number of carbonyl (C=O) groups excluding carboxylic acids is 1. The van der Waals surface area contributed by atoms with Crippen molar-refractivity contribution in [3.8, 4) is 11.8 Å². The van der Waals surface area contributed by atoms with E-state index in [1.807, 2.05) is 30.3 Å². The maximum atomic E-state index is 10.8. The maximum Gasteiger partial charge on any atom is 0.384 e. The highest BCUT2D eigenvalue weighted by Crippen LogP contribution is 2.15. The van der Waals surface area contributed by atoms with E-state index in [-0.39, 0.29) is 0 Å². The lowest BCUT2D eigenvalue weighted by Gasteiger charge is -1.94. The van der Waals surface area contributed by atoms with Crippen molar-refractivity contribution in [3.63, 3.8) is 0 Å². The Morgan fingerprint density at radius 2 is 2.13 bits per heavy atom. The minimum Gasteiger partial charge on any atom is -0.456 e. The van der Waals surface area contributed by atoms with Crippen LogP contribution in [0.4, 0.5) is 0 Å². The Morgan fingerprint density at radius 1 is 1.40 bits per heavy atom. The third kappa shape index (κ3) is 5.14. The first-order valence-corrected chi connectivity index (χ1v) is 5.65. The fourth-order valence-electron chi connectivity index (χ4n) is 0.912. The molecule has 0 aromatic heterocycles. The fraction of sp³-hybridized carbons (Fsp3) is 0.250. The second kappa shape index (κ2) is 6.97. The van der Waals surface area contributed by atoms with Gasteiger partial charge in [0.05, 0.1) is 12.4 Å². The summed E-state index contributed by atoms with van der Waals surface area (Å²) < 4.78 is 4.67. The number of carbonyl (C=O) groups is 1. The van der Waals surface area contributed by atoms with E-state index in [1.165, 1.54) is 0 Å². The van der Waals surface area contributed by atoms with Gasteiger partial charge in [0.1, 0.15) is 0 Å². The lowest BCUT2D eigenvalue weighted by Crippen LogP contribution is -1.99. The Bertz CT molecular complexity index is 362. The minimum absolute atomic E-state index is 0.374. The first-order chi connectivity index (χ1) is 7.33. The van der Waals surface area contributed by atoms with E-state index >= 15 is 0 Å². The minimum atomic E-state index is -0.453. The molecule has 15 heavy (non-hydrogen) atoms. The normalized spacial score (nSPS) is 8.87. The zero-order valence-corrected chi connectivity index (χ0v) is 9.34. The van der Waals surface area contributed by atoms with Crippen molar-refractivity contribution in [2.45, 2.75) is 11.8 Å². The van der Waals surface area contributed by atoms with Crippen molar-refractivity contribution >= 4 is 17.7 Å². The molecule has 0 aliphatic carbocycles. The summed E-state index contributed by atoms with van der Waals surface area (Å²) in [5.41, 5.74) is 0. The number of ether oxygens (including phenoxy) is 1. The topological polar surface area (TPSA) is 26.3 Å². The highest BCUT2D eigenvalue weighted by molar-refractivity contribution is 7.99. The molecule has 0 unspecified atom stereocenters. The first kappa shape index (κ1) is 11.7. The molecule has 0 saturated carbocycles. The van der Waals surface area contributed by atoms with Crippen molar-refractivity contribution in [2.75, 3.05) is 12.4 Å². The molecule has 0 saturated heterocycles. The van der Waals surface area contributed by atoms with Gasteiger partial charge < -0.3 is 4.74 Å². The molecule has 3 heteroatoms. The molecule has 0 fully saturated rings. The van der Waals surface area contributed by atoms with Crippen molar-refractivity contribution in [2.24, 2.45) is 0 Å². The van der Waals surface area contributed by atoms with Crippen LogP contribution in [0.1, 0.15) is 6.92 Å². The van der Waals surface area contributed by atoms with E-state index in [1.54, 1.807) is 18.7 Å². The SMILES string of the molecule is CCOC(=O)C#CCSc1ccccc1. The second-order valence-electron chi connectivity index (χ2n) is 2.62. The lowest BCUT2D eigenvalue weighted by atomic mass is 10.4. The van der Waals surface area contributed by atoms with Gasteiger partial charge in [-0.2, -0.15) is 0 Å². The summed E-state index contributed by atoms with van der Waals surface area (Å²) in [5.74, 6) is 5.33. The maximum absolute atomic E-state index is 10.8. The van der Waals surface area contributed by atoms with Crippen LogP contribution in [0.15, 0.2) is 35.2 Å². The van der Waals surface area contributed by atoms with Gasteiger partial charge in [-0.1, -0.05) is 24.1 Å². The Morgan fingerprint density at radius 3 is 2.80 bits per heavy atom. The van der Waals surface area contributed by atoms with Crippen LogP contribution in [-0.2, 0) is 9.53 Å². The predicted octanol–water partition coefficient (Wildman–Crippen LogP) is 2.35. The number of hydrogen-bond acceptors (Lipinski definition) is 3. The molecule has 0 radical (unpaired) electrons. The second-order valence-corrected chi connectivity index (χ2v) is 3.67. The van der Waals surface area contributed by atoms with E-state index in [4.69, 9.17) is 0 Å². The third-order valence-electron chi connectivity index (χ3n) is 1.52. The molecule has 0 atom stereocenters. The molecule has 1 rings (SSSR count). The van der Waals surface area contributed by atoms with Gasteiger partial charge in [0.15, 0.2) is 0 Å². The van der Waals surface area contributed by atoms with Crippen molar-refractivity contribution in [1.82, 2.24) is 0 Å². The molecule has 0 heterocycles. The van der Waals surface area contributed by atoms with E-state index < -0.39 is 5.97 Å². The lowest BCUT2D eigenvalue weighted by molar-refractivity contribution is -0.136. The van der Waals surface area contributed by atoms with Crippen LogP contribution in [0, 0.1) is 11.8 Å². The number of rotatable bonds is 3. The Kier molecular flexibility index (Phi) is 5.42. The molecule has 2 nitrogen and oxygen atoms in total. The fourth-order valence-corrected chi connectivity index (χ4v) is 1.57. The van der Waals surface area contributed by atoms with E-state index in [2.05, 4.69) is 16.6 Å². The Balaban J connectivity index is 2.30. The molecule has 0 aliphatic rings. The monoisotopic (exact) mass is 220 g/mol. The van der Waals surface area contributed by atoms with Gasteiger partial charge in [0.25, 0.3) is 0 Å². The molecule has 0 N–H and O–H groups in total. The molecule has 0 bridgehead atoms. The van der Waals surface area contributed by atoms with Crippen LogP contribution in [0.2, 0.25) is 0 Å². The summed E-state index contributed by atoms with van der Waals surface area (Å²) in [6, 6.07) is 9.93. The van der Waals surface area contributed by atoms with E-state index in [9.17, 15) is 4.79 Å². The molecule has 0 aliphatic heterocycles. The molecular weight excluding hydrogens is 208 g/mol. The Labute approximate surface area is 94.0 Å². The Hall–Kier alpha value is -1.40. The van der Waals surface area contributed by atoms with Crippen LogP contribution in [-0.4, -0.2) is 18.3 Å². The van der Waals surface area contributed by atoms with Gasteiger partial charge in [-0.25, -0.2) is 4.79 Å². The van der Waals surface area contributed by atoms with Crippen molar-refractivity contribution in [1.29, 1.82) is 0 Å². The summed E-state index contributed by atoms with van der Waals surface area (Å²) in [6.45, 7) is 2.14. The number of hydrogen-bond donors (Lipinski definition) is 0. The standard InChI is InChI=1S/C12H12O2S/c1-2-14-12(13)9-6-10-15-11-7-4-3-5-8-11/h3-5,7-8H,2,10H2,1H3. The van der Waals surface area contributed by atoms with Crippen molar-refractivity contribution < 1.29 is 9.53 Å². The average Bonchev–Trinajstić information content (AvgIpc) is 2.26. The van der Waals surface area contributed by atoms with Crippen LogP contribution in [0.3, 0.4) is 0 Å². The number of thioether (sulfide) groups is 1. The summed E-state index contributed by atoms with van der Waals surface area (Å²) in [6.07, 6.45) is 0. The smallest absolute Gasteiger partial charge is 0.384 e. The largest absolute Gasteiger partial charge is 0.456 e. The molecule has 0 spiro atoms. The van der Waals surface area contributed by atoms with Crippen LogP contribution in [0.5, 0.6) is 0 Å². The number of benzene rings is 1. The van der Waals surface area contributed by atoms with E-state index in [0.717, 1.165) is 4.90 Å². The highest BCUT2D eigenvalue weighted by Gasteiger charge is 1.92. The summed E-state index contributed by atoms with van der Waals surface area (Å²) >= 11 is 1.60. The van der Waals surface area contributed by atoms with Gasteiger partial charge in [0.2, 0.25) is 0 Å². The first-order valence-electron chi connectivity index (χ1n) is 4.66. The highest BCUT2D eigenvalue weighted by atomic mass is 32.2. The predicted molar refractivity (Wildman–Crippen MR) is 61.6 cm³/mol. The summed E-state index contributed by atoms with van der Waals surface area (Å²) in [4.78, 5) is 12.0. The van der Waals surface area contributed by atoms with Crippen LogP contribution < -0.4 is 0 Å². The molecule has 0 amide bonds. The summed E-state index contributed by atoms with van der Waals surface area (Å²) in [7, 11) is 0. The molecule has 78 valence electrons. The summed E-state index contributed by atoms with van der Waals surface area (Å²) in [5, 5.41) is 0. The van der Waals surface area contributed by atoms with Gasteiger partial charge in [-0.15, -0.1) is 11.8 Å². The van der Waals surface area contributed by atoms with Gasteiger partial charge in [-0.3, -0.25) is 0 Å². The van der Waals surface area contributed by atoms with Gasteiger partial charge in [-0.05, 0) is 19.1 Å². The zero-order chi connectivity index (χ0) is 10.9. The van der Waals surface area contributed by atoms with E-state index in [0.29, 0.717) is 12.4 Å². The quantitative estimate of drug-likeness (QED) is 0.338. The van der Waals surface area contributed by atoms with Crippen LogP contribution >= 0.6 is 11.8 Å². The molecule has 1 aromatic rings. The van der Waals surface area contributed by atoms with Crippen molar-refractivity contribution in [3.05, 3.63) is 30.3 Å².